The van der Waals surface area contributed by atoms with E-state index in [2.05, 4.69) is 20.3 Å². The number of hydrogen-bond donors (Lipinski definition) is 5. The van der Waals surface area contributed by atoms with Gasteiger partial charge in [0, 0.05) is 0 Å². The molecule has 2 aromatic heterocycles. The van der Waals surface area contributed by atoms with Crippen LogP contribution < -0.4 is 5.32 Å². The highest BCUT2D eigenvalue weighted by molar-refractivity contribution is 7.51. The van der Waals surface area contributed by atoms with E-state index in [1.165, 1.54) is 10.9 Å². The van der Waals surface area contributed by atoms with E-state index in [1.54, 1.807) is 0 Å². The van der Waals surface area contributed by atoms with Gasteiger partial charge in [-0.2, -0.15) is 9.97 Å². The van der Waals surface area contributed by atoms with Crippen molar-refractivity contribution in [2.75, 3.05) is 18.3 Å². The summed E-state index contributed by atoms with van der Waals surface area (Å²) in [6, 6.07) is 9.59. The zero-order chi connectivity index (χ0) is 23.8. The molecule has 178 valence electrons. The van der Waals surface area contributed by atoms with Crippen LogP contribution in [0, 0.1) is 0 Å². The summed E-state index contributed by atoms with van der Waals surface area (Å²) >= 11 is 6.14. The molecule has 0 radical (unpaired) electrons. The molecule has 0 bridgehead atoms. The third-order valence-corrected chi connectivity index (χ3v) is 5.89. The number of aliphatic hydroxyl groups is 2. The van der Waals surface area contributed by atoms with Gasteiger partial charge in [-0.15, -0.1) is 0 Å². The summed E-state index contributed by atoms with van der Waals surface area (Å²) in [5.41, 5.74) is 1.68. The summed E-state index contributed by atoms with van der Waals surface area (Å²) in [4.78, 5) is 30.6. The molecule has 5 atom stereocenters. The second kappa shape index (κ2) is 9.61. The van der Waals surface area contributed by atoms with Crippen molar-refractivity contribution in [1.82, 2.24) is 19.5 Å². The van der Waals surface area contributed by atoms with E-state index >= 15 is 0 Å². The summed E-state index contributed by atoms with van der Waals surface area (Å²) in [7, 11) is -4.37. The number of anilines is 1. The average molecular weight is 500 g/mol. The third-order valence-electron chi connectivity index (χ3n) is 5.20. The lowest BCUT2D eigenvalue weighted by Gasteiger charge is -2.18. The highest BCUT2D eigenvalue weighted by atomic mass is 35.5. The van der Waals surface area contributed by atoms with Crippen LogP contribution >= 0.6 is 19.2 Å². The molecule has 0 aliphatic carbocycles. The van der Waals surface area contributed by atoms with E-state index in [-0.39, 0.29) is 23.6 Å². The molecule has 14 heteroatoms. The van der Waals surface area contributed by atoms with E-state index in [4.69, 9.17) is 30.9 Å². The van der Waals surface area contributed by atoms with Crippen LogP contribution in [0.15, 0.2) is 36.7 Å². The molecule has 0 spiro atoms. The van der Waals surface area contributed by atoms with Crippen LogP contribution in [0.4, 0.5) is 5.82 Å². The molecule has 33 heavy (non-hydrogen) atoms. The maximum atomic E-state index is 11.0. The van der Waals surface area contributed by atoms with Crippen molar-refractivity contribution < 1.29 is 34.0 Å². The molecule has 12 nitrogen and oxygen atoms in total. The molecular weight excluding hydrogens is 477 g/mol. The standard InChI is InChI=1S/C19H23ClN5O7P/c1-10(11-5-3-2-4-6-11)22-16-13-17(24-19(20)23-16)25(8-21-13)18-15(27)14(26)12(32-18)7-31-9-33(28,29)30/h2-6,8,10,12,14-15,18,26-27H,7,9H2,1H3,(H,22,23,24)(H2,28,29,30)/t10-,12?,14+,15+,18+/m0/s1. The minimum Gasteiger partial charge on any atom is -0.387 e. The molecule has 5 N–H and O–H groups in total. The van der Waals surface area contributed by atoms with Crippen molar-refractivity contribution >= 4 is 36.2 Å². The Kier molecular flexibility index (Phi) is 6.99. The summed E-state index contributed by atoms with van der Waals surface area (Å²) in [6.07, 6.45) is -4.29. The van der Waals surface area contributed by atoms with Gasteiger partial charge in [0.05, 0.1) is 19.0 Å². The molecule has 4 rings (SSSR count). The highest BCUT2D eigenvalue weighted by Gasteiger charge is 2.44. The minimum atomic E-state index is -4.37. The largest absolute Gasteiger partial charge is 0.387 e. The van der Waals surface area contributed by atoms with Gasteiger partial charge in [0.15, 0.2) is 23.2 Å². The molecule has 1 aliphatic heterocycles. The van der Waals surface area contributed by atoms with Crippen LogP contribution in [0.1, 0.15) is 24.8 Å². The molecular formula is C19H23ClN5O7P. The lowest BCUT2D eigenvalue weighted by Crippen LogP contribution is -2.33. The fourth-order valence-electron chi connectivity index (χ4n) is 3.59. The summed E-state index contributed by atoms with van der Waals surface area (Å²) in [6.45, 7) is 1.63. The topological polar surface area (TPSA) is 172 Å². The van der Waals surface area contributed by atoms with Crippen molar-refractivity contribution in [2.45, 2.75) is 37.5 Å². The Labute approximate surface area is 193 Å². The number of rotatable bonds is 8. The number of imidazole rings is 1. The van der Waals surface area contributed by atoms with Gasteiger partial charge >= 0.3 is 7.60 Å². The predicted molar refractivity (Wildman–Crippen MR) is 118 cm³/mol. The molecule has 1 aliphatic rings. The van der Waals surface area contributed by atoms with Crippen LogP contribution in [0.25, 0.3) is 11.2 Å². The van der Waals surface area contributed by atoms with Gasteiger partial charge in [0.2, 0.25) is 5.28 Å². The van der Waals surface area contributed by atoms with E-state index in [0.29, 0.717) is 11.3 Å². The predicted octanol–water partition coefficient (Wildman–Crippen LogP) is 1.42. The van der Waals surface area contributed by atoms with Gasteiger partial charge in [-0.1, -0.05) is 30.3 Å². The minimum absolute atomic E-state index is 0.0541. The Morgan fingerprint density at radius 1 is 1.24 bits per heavy atom. The van der Waals surface area contributed by atoms with Crippen molar-refractivity contribution in [3.8, 4) is 0 Å². The fraction of sp³-hybridized carbons (Fsp3) is 0.421. The van der Waals surface area contributed by atoms with Gasteiger partial charge in [-0.05, 0) is 24.1 Å². The average Bonchev–Trinajstić information content (AvgIpc) is 3.29. The fourth-order valence-corrected chi connectivity index (χ4v) is 4.10. The first kappa shape index (κ1) is 24.0. The Morgan fingerprint density at radius 3 is 2.67 bits per heavy atom. The number of hydrogen-bond acceptors (Lipinski definition) is 9. The Morgan fingerprint density at radius 2 is 1.97 bits per heavy atom. The number of nitrogens with one attached hydrogen (secondary N) is 1. The Bertz CT molecular complexity index is 1160. The number of nitrogens with zero attached hydrogens (tertiary/aromatic N) is 4. The van der Waals surface area contributed by atoms with Crippen molar-refractivity contribution in [3.05, 3.63) is 47.5 Å². The number of fused-ring (bicyclic) bond motifs is 1. The van der Waals surface area contributed by atoms with Crippen molar-refractivity contribution in [2.24, 2.45) is 0 Å². The molecule has 1 aromatic carbocycles. The molecule has 0 saturated carbocycles. The summed E-state index contributed by atoms with van der Waals surface area (Å²) < 4.78 is 23.0. The van der Waals surface area contributed by atoms with Crippen LogP contribution in [0.2, 0.25) is 5.28 Å². The first-order valence-electron chi connectivity index (χ1n) is 9.99. The van der Waals surface area contributed by atoms with E-state index in [1.807, 2.05) is 37.3 Å². The third kappa shape index (κ3) is 5.34. The zero-order valence-electron chi connectivity index (χ0n) is 17.4. The van der Waals surface area contributed by atoms with Crippen LogP contribution in [-0.2, 0) is 14.0 Å². The van der Waals surface area contributed by atoms with Crippen molar-refractivity contribution in [3.63, 3.8) is 0 Å². The maximum Gasteiger partial charge on any atom is 0.350 e. The maximum absolute atomic E-state index is 11.0. The van der Waals surface area contributed by atoms with Gasteiger partial charge in [0.1, 0.15) is 24.7 Å². The second-order valence-electron chi connectivity index (χ2n) is 7.65. The molecule has 1 unspecified atom stereocenters. The Balaban J connectivity index is 1.57. The van der Waals surface area contributed by atoms with Crippen LogP contribution in [-0.4, -0.2) is 70.8 Å². The molecule has 0 amide bonds. The number of benzene rings is 1. The van der Waals surface area contributed by atoms with Gasteiger partial charge in [-0.25, -0.2) is 4.98 Å². The molecule has 1 fully saturated rings. The lowest BCUT2D eigenvalue weighted by molar-refractivity contribution is -0.0612. The monoisotopic (exact) mass is 499 g/mol. The second-order valence-corrected chi connectivity index (χ2v) is 9.58. The zero-order valence-corrected chi connectivity index (χ0v) is 19.0. The number of ether oxygens (including phenoxy) is 2. The molecule has 1 saturated heterocycles. The molecule has 3 aromatic rings. The van der Waals surface area contributed by atoms with Gasteiger partial charge < -0.3 is 34.8 Å². The number of aliphatic hydroxyl groups excluding tert-OH is 2. The SMILES string of the molecule is C[C@H](Nc1nc(Cl)nc2c1ncn2[C@@H]1OC(COCP(=O)(O)O)[C@@H](O)[C@H]1O)c1ccccc1. The summed E-state index contributed by atoms with van der Waals surface area (Å²) in [5, 5.41) is 24.1. The number of halogens is 1. The van der Waals surface area contributed by atoms with E-state index in [9.17, 15) is 14.8 Å². The number of aromatic nitrogens is 4. The van der Waals surface area contributed by atoms with Crippen molar-refractivity contribution in [1.29, 1.82) is 0 Å². The first-order valence-corrected chi connectivity index (χ1v) is 12.2. The molecule has 3 heterocycles. The van der Waals surface area contributed by atoms with E-state index < -0.39 is 38.5 Å². The highest BCUT2D eigenvalue weighted by Crippen LogP contribution is 2.36. The normalized spacial score (nSPS) is 24.3. The quantitative estimate of drug-likeness (QED) is 0.224. The smallest absolute Gasteiger partial charge is 0.350 e. The Hall–Kier alpha value is -2.15. The van der Waals surface area contributed by atoms with Crippen LogP contribution in [0.3, 0.4) is 0 Å². The van der Waals surface area contributed by atoms with Gasteiger partial charge in [0.25, 0.3) is 0 Å². The lowest BCUT2D eigenvalue weighted by atomic mass is 10.1. The first-order chi connectivity index (χ1) is 15.6. The van der Waals surface area contributed by atoms with Gasteiger partial charge in [-0.3, -0.25) is 9.13 Å². The van der Waals surface area contributed by atoms with E-state index in [0.717, 1.165) is 5.56 Å². The van der Waals surface area contributed by atoms with Crippen LogP contribution in [0.5, 0.6) is 0 Å². The summed E-state index contributed by atoms with van der Waals surface area (Å²) in [5.74, 6) is 0.384.